The Morgan fingerprint density at radius 1 is 1.23 bits per heavy atom. The number of hydrogen-bond donors (Lipinski definition) is 1. The van der Waals surface area contributed by atoms with Crippen LogP contribution in [0.25, 0.3) is 0 Å². The summed E-state index contributed by atoms with van der Waals surface area (Å²) in [7, 11) is 0. The van der Waals surface area contributed by atoms with Crippen LogP contribution in [0.5, 0.6) is 0 Å². The maximum atomic E-state index is 5.43. The van der Waals surface area contributed by atoms with Crippen molar-refractivity contribution in [2.45, 2.75) is 39.0 Å². The van der Waals surface area contributed by atoms with Crippen molar-refractivity contribution in [3.8, 4) is 0 Å². The van der Waals surface area contributed by atoms with Gasteiger partial charge in [0.1, 0.15) is 12.2 Å². The number of hydrogen-bond acceptors (Lipinski definition) is 4. The van der Waals surface area contributed by atoms with Gasteiger partial charge in [0.05, 0.1) is 0 Å². The molecular formula is C9H16N4. The predicted molar refractivity (Wildman–Crippen MR) is 52.1 cm³/mol. The minimum Gasteiger partial charge on any atom is -0.368 e. The summed E-state index contributed by atoms with van der Waals surface area (Å²) in [6, 6.07) is 0. The molecule has 1 aromatic heterocycles. The summed E-state index contributed by atoms with van der Waals surface area (Å²) in [4.78, 5) is 11.8. The molecule has 1 heterocycles. The molecule has 0 radical (unpaired) electrons. The third-order valence-electron chi connectivity index (χ3n) is 1.89. The molecule has 1 rings (SSSR count). The number of rotatable bonds is 5. The summed E-state index contributed by atoms with van der Waals surface area (Å²) < 4.78 is 0. The summed E-state index contributed by atoms with van der Waals surface area (Å²) in [5, 5.41) is 0. The lowest BCUT2D eigenvalue weighted by Gasteiger charge is -1.99. The number of aryl methyl sites for hydroxylation is 1. The van der Waals surface area contributed by atoms with E-state index in [0.29, 0.717) is 5.95 Å². The standard InChI is InChI=1S/C9H16N4/c1-2-3-4-5-6-8-11-7-12-9(10)13-8/h7H,2-6H2,1H3,(H2,10,11,12,13). The molecule has 0 saturated heterocycles. The molecule has 0 aliphatic rings. The SMILES string of the molecule is CCCCCCc1ncnc(N)n1. The Kier molecular flexibility index (Phi) is 4.15. The van der Waals surface area contributed by atoms with Crippen LogP contribution in [0.1, 0.15) is 38.4 Å². The van der Waals surface area contributed by atoms with E-state index in [1.807, 2.05) is 0 Å². The van der Waals surface area contributed by atoms with Gasteiger partial charge in [-0.05, 0) is 6.42 Å². The minimum atomic E-state index is 0.320. The number of aromatic nitrogens is 3. The molecule has 4 heteroatoms. The van der Waals surface area contributed by atoms with Crippen molar-refractivity contribution in [1.82, 2.24) is 15.0 Å². The second-order valence-electron chi connectivity index (χ2n) is 3.07. The third-order valence-corrected chi connectivity index (χ3v) is 1.89. The first kappa shape index (κ1) is 9.89. The molecule has 0 spiro atoms. The molecule has 2 N–H and O–H groups in total. The number of anilines is 1. The summed E-state index contributed by atoms with van der Waals surface area (Å²) in [5.74, 6) is 1.13. The van der Waals surface area contributed by atoms with E-state index in [2.05, 4.69) is 21.9 Å². The normalized spacial score (nSPS) is 10.2. The maximum Gasteiger partial charge on any atom is 0.223 e. The van der Waals surface area contributed by atoms with E-state index in [1.54, 1.807) is 0 Å². The Labute approximate surface area is 78.6 Å². The van der Waals surface area contributed by atoms with Crippen LogP contribution in [0, 0.1) is 0 Å². The fourth-order valence-electron chi connectivity index (χ4n) is 1.17. The monoisotopic (exact) mass is 180 g/mol. The van der Waals surface area contributed by atoms with Crippen molar-refractivity contribution in [2.75, 3.05) is 5.73 Å². The van der Waals surface area contributed by atoms with Gasteiger partial charge < -0.3 is 5.73 Å². The molecular weight excluding hydrogens is 164 g/mol. The summed E-state index contributed by atoms with van der Waals surface area (Å²) >= 11 is 0. The van der Waals surface area contributed by atoms with E-state index in [4.69, 9.17) is 5.73 Å². The third kappa shape index (κ3) is 3.83. The highest BCUT2D eigenvalue weighted by molar-refractivity contribution is 5.12. The van der Waals surface area contributed by atoms with Crippen LogP contribution in [0.2, 0.25) is 0 Å². The number of nitrogen functional groups attached to an aromatic ring is 1. The first-order valence-corrected chi connectivity index (χ1v) is 4.76. The van der Waals surface area contributed by atoms with Gasteiger partial charge in [0.25, 0.3) is 0 Å². The van der Waals surface area contributed by atoms with Crippen molar-refractivity contribution in [2.24, 2.45) is 0 Å². The summed E-state index contributed by atoms with van der Waals surface area (Å²) in [6.45, 7) is 2.20. The van der Waals surface area contributed by atoms with Crippen LogP contribution in [0.15, 0.2) is 6.33 Å². The fraction of sp³-hybridized carbons (Fsp3) is 0.667. The van der Waals surface area contributed by atoms with Crippen LogP contribution in [0.3, 0.4) is 0 Å². The molecule has 1 aromatic rings. The van der Waals surface area contributed by atoms with Crippen molar-refractivity contribution in [3.63, 3.8) is 0 Å². The lowest BCUT2D eigenvalue weighted by molar-refractivity contribution is 0.651. The van der Waals surface area contributed by atoms with Crippen LogP contribution in [-0.2, 0) is 6.42 Å². The molecule has 0 bridgehead atoms. The highest BCUT2D eigenvalue weighted by atomic mass is 15.1. The first-order valence-electron chi connectivity index (χ1n) is 4.76. The van der Waals surface area contributed by atoms with Crippen LogP contribution >= 0.6 is 0 Å². The average Bonchev–Trinajstić information content (AvgIpc) is 2.13. The Morgan fingerprint density at radius 3 is 2.77 bits per heavy atom. The van der Waals surface area contributed by atoms with Gasteiger partial charge in [0.2, 0.25) is 5.95 Å². The minimum absolute atomic E-state index is 0.320. The Morgan fingerprint density at radius 2 is 2.08 bits per heavy atom. The zero-order valence-electron chi connectivity index (χ0n) is 8.03. The van der Waals surface area contributed by atoms with Gasteiger partial charge in [0, 0.05) is 6.42 Å². The number of nitrogens with zero attached hydrogens (tertiary/aromatic N) is 3. The van der Waals surface area contributed by atoms with Crippen molar-refractivity contribution in [1.29, 1.82) is 0 Å². The van der Waals surface area contributed by atoms with E-state index >= 15 is 0 Å². The van der Waals surface area contributed by atoms with E-state index in [9.17, 15) is 0 Å². The Bertz CT molecular complexity index is 249. The Balaban J connectivity index is 2.28. The van der Waals surface area contributed by atoms with Crippen LogP contribution in [-0.4, -0.2) is 15.0 Å². The number of unbranched alkanes of at least 4 members (excludes halogenated alkanes) is 3. The summed E-state index contributed by atoms with van der Waals surface area (Å²) in [6.07, 6.45) is 7.28. The molecule has 0 saturated carbocycles. The second-order valence-corrected chi connectivity index (χ2v) is 3.07. The Hall–Kier alpha value is -1.19. The van der Waals surface area contributed by atoms with Crippen molar-refractivity contribution in [3.05, 3.63) is 12.2 Å². The largest absolute Gasteiger partial charge is 0.368 e. The van der Waals surface area contributed by atoms with Gasteiger partial charge in [0.15, 0.2) is 0 Å². The lowest BCUT2D eigenvalue weighted by Crippen LogP contribution is -2.01. The zero-order chi connectivity index (χ0) is 9.52. The first-order chi connectivity index (χ1) is 6.33. The van der Waals surface area contributed by atoms with Crippen LogP contribution in [0.4, 0.5) is 5.95 Å². The lowest BCUT2D eigenvalue weighted by atomic mass is 10.1. The molecule has 0 aliphatic carbocycles. The number of nitrogens with two attached hydrogens (primary N) is 1. The highest BCUT2D eigenvalue weighted by Crippen LogP contribution is 2.03. The van der Waals surface area contributed by atoms with E-state index in [1.165, 1.54) is 25.6 Å². The highest BCUT2D eigenvalue weighted by Gasteiger charge is 1.97. The van der Waals surface area contributed by atoms with Crippen LogP contribution < -0.4 is 5.73 Å². The van der Waals surface area contributed by atoms with E-state index < -0.39 is 0 Å². The average molecular weight is 180 g/mol. The molecule has 4 nitrogen and oxygen atoms in total. The van der Waals surface area contributed by atoms with Gasteiger partial charge in [-0.15, -0.1) is 0 Å². The quantitative estimate of drug-likeness (QED) is 0.699. The molecule has 0 amide bonds. The molecule has 0 aliphatic heterocycles. The molecule has 0 unspecified atom stereocenters. The van der Waals surface area contributed by atoms with E-state index in [-0.39, 0.29) is 0 Å². The molecule has 0 aromatic carbocycles. The van der Waals surface area contributed by atoms with Gasteiger partial charge in [-0.2, -0.15) is 4.98 Å². The molecule has 0 fully saturated rings. The molecule has 72 valence electrons. The topological polar surface area (TPSA) is 64.7 Å². The second kappa shape index (κ2) is 5.45. The molecule has 13 heavy (non-hydrogen) atoms. The van der Waals surface area contributed by atoms with Gasteiger partial charge in [-0.1, -0.05) is 26.2 Å². The zero-order valence-corrected chi connectivity index (χ0v) is 8.03. The van der Waals surface area contributed by atoms with E-state index in [0.717, 1.165) is 18.7 Å². The van der Waals surface area contributed by atoms with Gasteiger partial charge in [-0.3, -0.25) is 0 Å². The smallest absolute Gasteiger partial charge is 0.223 e. The van der Waals surface area contributed by atoms with Crippen molar-refractivity contribution < 1.29 is 0 Å². The molecule has 0 atom stereocenters. The predicted octanol–water partition coefficient (Wildman–Crippen LogP) is 1.58. The van der Waals surface area contributed by atoms with Crippen molar-refractivity contribution >= 4 is 5.95 Å². The van der Waals surface area contributed by atoms with Gasteiger partial charge >= 0.3 is 0 Å². The fourth-order valence-corrected chi connectivity index (χ4v) is 1.17. The maximum absolute atomic E-state index is 5.43. The van der Waals surface area contributed by atoms with Gasteiger partial charge in [-0.25, -0.2) is 9.97 Å². The summed E-state index contributed by atoms with van der Waals surface area (Å²) in [5.41, 5.74) is 5.43.